The number of phenolic OH excluding ortho intramolecular Hbond substituents is 1. The molecule has 0 atom stereocenters. The molecule has 1 aromatic carbocycles. The molecule has 0 aliphatic carbocycles. The Hall–Kier alpha value is -1.42. The van der Waals surface area contributed by atoms with Crippen LogP contribution in [0.5, 0.6) is 5.75 Å². The summed E-state index contributed by atoms with van der Waals surface area (Å²) in [6.07, 6.45) is 0. The van der Waals surface area contributed by atoms with Crippen molar-refractivity contribution in [3.63, 3.8) is 0 Å². The Morgan fingerprint density at radius 3 is 3.00 bits per heavy atom. The minimum Gasteiger partial charge on any atom is -0.506 e. The zero-order valence-electron chi connectivity index (χ0n) is 8.86. The van der Waals surface area contributed by atoms with Crippen molar-refractivity contribution in [3.05, 3.63) is 18.2 Å². The molecule has 1 saturated heterocycles. The molecule has 1 aliphatic heterocycles. The Bertz CT molecular complexity index is 335. The summed E-state index contributed by atoms with van der Waals surface area (Å²) in [5.41, 5.74) is 1.79. The molecule has 0 amide bonds. The highest BCUT2D eigenvalue weighted by Crippen LogP contribution is 2.31. The van der Waals surface area contributed by atoms with Gasteiger partial charge in [-0.3, -0.25) is 0 Å². The molecule has 1 aliphatic rings. The highest BCUT2D eigenvalue weighted by atomic mass is 16.5. The number of nitrogens with zero attached hydrogens (tertiary/aromatic N) is 1. The molecule has 0 saturated carbocycles. The van der Waals surface area contributed by atoms with E-state index in [4.69, 9.17) is 4.74 Å². The van der Waals surface area contributed by atoms with Gasteiger partial charge in [-0.15, -0.1) is 0 Å². The maximum absolute atomic E-state index is 9.84. The molecular weight excluding hydrogens is 192 g/mol. The first-order chi connectivity index (χ1) is 7.31. The molecular formula is C11H16N2O2. The zero-order chi connectivity index (χ0) is 10.7. The van der Waals surface area contributed by atoms with Crippen molar-refractivity contribution in [2.24, 2.45) is 0 Å². The molecule has 1 fully saturated rings. The van der Waals surface area contributed by atoms with Gasteiger partial charge in [-0.2, -0.15) is 0 Å². The van der Waals surface area contributed by atoms with Crippen LogP contribution in [0, 0.1) is 0 Å². The van der Waals surface area contributed by atoms with Gasteiger partial charge in [-0.25, -0.2) is 0 Å². The Balaban J connectivity index is 2.18. The monoisotopic (exact) mass is 208 g/mol. The summed E-state index contributed by atoms with van der Waals surface area (Å²) >= 11 is 0. The van der Waals surface area contributed by atoms with Gasteiger partial charge in [0.2, 0.25) is 0 Å². The average molecular weight is 208 g/mol. The number of anilines is 2. The maximum atomic E-state index is 9.84. The molecule has 0 bridgehead atoms. The van der Waals surface area contributed by atoms with Crippen LogP contribution < -0.4 is 10.2 Å². The number of benzene rings is 1. The van der Waals surface area contributed by atoms with Crippen LogP contribution in [0.1, 0.15) is 6.92 Å². The molecule has 0 spiro atoms. The lowest BCUT2D eigenvalue weighted by Gasteiger charge is -2.17. The van der Waals surface area contributed by atoms with E-state index in [9.17, 15) is 5.11 Å². The van der Waals surface area contributed by atoms with Gasteiger partial charge in [-0.1, -0.05) is 0 Å². The van der Waals surface area contributed by atoms with E-state index < -0.39 is 0 Å². The molecule has 82 valence electrons. The SMILES string of the molecule is CCNc1ccc(N2CCOC2)c(O)c1. The van der Waals surface area contributed by atoms with Crippen molar-refractivity contribution in [2.45, 2.75) is 6.92 Å². The highest BCUT2D eigenvalue weighted by Gasteiger charge is 2.15. The second-order valence-corrected chi connectivity index (χ2v) is 3.53. The van der Waals surface area contributed by atoms with Gasteiger partial charge in [0.1, 0.15) is 12.5 Å². The Morgan fingerprint density at radius 2 is 2.40 bits per heavy atom. The predicted octanol–water partition coefficient (Wildman–Crippen LogP) is 1.62. The van der Waals surface area contributed by atoms with Crippen LogP contribution >= 0.6 is 0 Å². The summed E-state index contributed by atoms with van der Waals surface area (Å²) in [6, 6.07) is 5.63. The summed E-state index contributed by atoms with van der Waals surface area (Å²) in [6.45, 7) is 5.02. The third-order valence-corrected chi connectivity index (χ3v) is 2.45. The van der Waals surface area contributed by atoms with Crippen molar-refractivity contribution in [1.29, 1.82) is 0 Å². The van der Waals surface area contributed by atoms with Gasteiger partial charge in [0, 0.05) is 24.8 Å². The fraction of sp³-hybridized carbons (Fsp3) is 0.455. The molecule has 4 nitrogen and oxygen atoms in total. The fourth-order valence-corrected chi connectivity index (χ4v) is 1.71. The molecule has 2 N–H and O–H groups in total. The Labute approximate surface area is 89.5 Å². The summed E-state index contributed by atoms with van der Waals surface area (Å²) in [7, 11) is 0. The largest absolute Gasteiger partial charge is 0.506 e. The van der Waals surface area contributed by atoms with Crippen LogP contribution in [0.3, 0.4) is 0 Å². The first-order valence-electron chi connectivity index (χ1n) is 5.21. The highest BCUT2D eigenvalue weighted by molar-refractivity contribution is 5.64. The lowest BCUT2D eigenvalue weighted by Crippen LogP contribution is -2.18. The third-order valence-electron chi connectivity index (χ3n) is 2.45. The number of nitrogens with one attached hydrogen (secondary N) is 1. The smallest absolute Gasteiger partial charge is 0.141 e. The van der Waals surface area contributed by atoms with Crippen LogP contribution in [0.2, 0.25) is 0 Å². The molecule has 1 heterocycles. The van der Waals surface area contributed by atoms with Crippen molar-refractivity contribution >= 4 is 11.4 Å². The van der Waals surface area contributed by atoms with E-state index in [2.05, 4.69) is 5.32 Å². The number of ether oxygens (including phenoxy) is 1. The summed E-state index contributed by atoms with van der Waals surface area (Å²) in [5, 5.41) is 13.0. The molecule has 15 heavy (non-hydrogen) atoms. The Morgan fingerprint density at radius 1 is 1.53 bits per heavy atom. The van der Waals surface area contributed by atoms with Crippen LogP contribution in [-0.2, 0) is 4.74 Å². The van der Waals surface area contributed by atoms with E-state index in [0.717, 1.165) is 31.1 Å². The minimum absolute atomic E-state index is 0.305. The molecule has 2 rings (SSSR count). The summed E-state index contributed by atoms with van der Waals surface area (Å²) < 4.78 is 5.24. The second kappa shape index (κ2) is 4.40. The zero-order valence-corrected chi connectivity index (χ0v) is 8.86. The van der Waals surface area contributed by atoms with Crippen LogP contribution in [0.15, 0.2) is 18.2 Å². The van der Waals surface area contributed by atoms with E-state index >= 15 is 0 Å². The van der Waals surface area contributed by atoms with Gasteiger partial charge < -0.3 is 20.1 Å². The van der Waals surface area contributed by atoms with E-state index in [-0.39, 0.29) is 0 Å². The third kappa shape index (κ3) is 2.15. The second-order valence-electron chi connectivity index (χ2n) is 3.53. The van der Waals surface area contributed by atoms with Crippen LogP contribution in [0.4, 0.5) is 11.4 Å². The van der Waals surface area contributed by atoms with Crippen molar-refractivity contribution in [3.8, 4) is 5.75 Å². The molecule has 0 unspecified atom stereocenters. The average Bonchev–Trinajstić information content (AvgIpc) is 2.71. The van der Waals surface area contributed by atoms with E-state index in [0.29, 0.717) is 12.5 Å². The summed E-state index contributed by atoms with van der Waals surface area (Å²) in [4.78, 5) is 2.02. The van der Waals surface area contributed by atoms with Crippen molar-refractivity contribution in [1.82, 2.24) is 0 Å². The van der Waals surface area contributed by atoms with E-state index in [1.165, 1.54) is 0 Å². The molecule has 1 aromatic rings. The van der Waals surface area contributed by atoms with E-state index in [1.54, 1.807) is 6.07 Å². The predicted molar refractivity (Wildman–Crippen MR) is 60.4 cm³/mol. The Kier molecular flexibility index (Phi) is 2.97. The molecule has 0 aromatic heterocycles. The first kappa shape index (κ1) is 10.1. The molecule has 0 radical (unpaired) electrons. The topological polar surface area (TPSA) is 44.7 Å². The molecule has 4 heteroatoms. The number of aromatic hydroxyl groups is 1. The quantitative estimate of drug-likeness (QED) is 0.792. The minimum atomic E-state index is 0.305. The fourth-order valence-electron chi connectivity index (χ4n) is 1.71. The van der Waals surface area contributed by atoms with Gasteiger partial charge in [-0.05, 0) is 19.1 Å². The van der Waals surface area contributed by atoms with Crippen LogP contribution in [0.25, 0.3) is 0 Å². The van der Waals surface area contributed by atoms with Crippen molar-refractivity contribution < 1.29 is 9.84 Å². The lowest BCUT2D eigenvalue weighted by molar-refractivity contribution is 0.201. The lowest BCUT2D eigenvalue weighted by atomic mass is 10.2. The van der Waals surface area contributed by atoms with Gasteiger partial charge in [0.25, 0.3) is 0 Å². The van der Waals surface area contributed by atoms with Crippen LogP contribution in [-0.4, -0.2) is 31.5 Å². The van der Waals surface area contributed by atoms with Gasteiger partial charge in [0.05, 0.1) is 12.3 Å². The van der Waals surface area contributed by atoms with Gasteiger partial charge >= 0.3 is 0 Å². The number of rotatable bonds is 3. The normalized spacial score (nSPS) is 15.7. The maximum Gasteiger partial charge on any atom is 0.141 e. The van der Waals surface area contributed by atoms with E-state index in [1.807, 2.05) is 24.0 Å². The number of hydrogen-bond acceptors (Lipinski definition) is 4. The van der Waals surface area contributed by atoms with Gasteiger partial charge in [0.15, 0.2) is 0 Å². The summed E-state index contributed by atoms with van der Waals surface area (Å²) in [5.74, 6) is 0.305. The number of hydrogen-bond donors (Lipinski definition) is 2. The first-order valence-corrected chi connectivity index (χ1v) is 5.21. The van der Waals surface area contributed by atoms with Crippen molar-refractivity contribution in [2.75, 3.05) is 36.6 Å². The number of phenols is 1. The standard InChI is InChI=1S/C11H16N2O2/c1-2-12-9-3-4-10(11(14)7-9)13-5-6-15-8-13/h3-4,7,12,14H,2,5-6,8H2,1H3.